The lowest BCUT2D eigenvalue weighted by Gasteiger charge is -2.14. The molecule has 5 rings (SSSR count). The number of hydrogen-bond acceptors (Lipinski definition) is 7. The van der Waals surface area contributed by atoms with Crippen LogP contribution in [0.15, 0.2) is 61.2 Å². The Balaban J connectivity index is 1.50. The van der Waals surface area contributed by atoms with Crippen molar-refractivity contribution in [2.75, 3.05) is 32.6 Å². The number of nitrogens with zero attached hydrogens (tertiary/aromatic N) is 7. The van der Waals surface area contributed by atoms with E-state index < -0.39 is 11.7 Å². The SMILES string of the molecule is CN(C)CCn1cc(-c2cc3c(cc2F)OCC/C=C/Cn2cnnc2-c2cccc(n2)NC3=O)cn1. The highest BCUT2D eigenvalue weighted by molar-refractivity contribution is 6.06. The predicted octanol–water partition coefficient (Wildman–Crippen LogP) is 3.50. The molecule has 0 spiro atoms. The third-order valence-electron chi connectivity index (χ3n) is 5.88. The number of carbonyl (C=O) groups is 1. The van der Waals surface area contributed by atoms with Gasteiger partial charge in [-0.1, -0.05) is 18.2 Å². The average Bonchev–Trinajstić information content (AvgIpc) is 3.54. The molecule has 37 heavy (non-hydrogen) atoms. The van der Waals surface area contributed by atoms with Crippen LogP contribution in [0.1, 0.15) is 16.8 Å². The predicted molar refractivity (Wildman–Crippen MR) is 137 cm³/mol. The van der Waals surface area contributed by atoms with Crippen LogP contribution < -0.4 is 10.1 Å². The highest BCUT2D eigenvalue weighted by atomic mass is 19.1. The second-order valence-electron chi connectivity index (χ2n) is 8.90. The van der Waals surface area contributed by atoms with Gasteiger partial charge in [-0.3, -0.25) is 9.48 Å². The van der Waals surface area contributed by atoms with E-state index in [1.54, 1.807) is 41.6 Å². The zero-order valence-electron chi connectivity index (χ0n) is 20.6. The Bertz CT molecular complexity index is 1440. The highest BCUT2D eigenvalue weighted by Crippen LogP contribution is 2.31. The van der Waals surface area contributed by atoms with E-state index in [9.17, 15) is 4.79 Å². The number of nitrogens with one attached hydrogen (secondary N) is 1. The van der Waals surface area contributed by atoms with Gasteiger partial charge in [0.2, 0.25) is 0 Å². The molecule has 0 saturated carbocycles. The van der Waals surface area contributed by atoms with E-state index in [-0.39, 0.29) is 23.5 Å². The molecule has 1 amide bonds. The maximum atomic E-state index is 15.2. The summed E-state index contributed by atoms with van der Waals surface area (Å²) in [7, 11) is 3.95. The Morgan fingerprint density at radius 3 is 2.95 bits per heavy atom. The van der Waals surface area contributed by atoms with Gasteiger partial charge in [-0.05, 0) is 38.7 Å². The number of rotatable bonds is 4. The summed E-state index contributed by atoms with van der Waals surface area (Å²) in [5.74, 6) is 0.118. The van der Waals surface area contributed by atoms with Crippen LogP contribution in [-0.2, 0) is 13.1 Å². The fourth-order valence-electron chi connectivity index (χ4n) is 3.94. The molecule has 0 radical (unpaired) electrons. The number of ether oxygens (including phenoxy) is 1. The van der Waals surface area contributed by atoms with Gasteiger partial charge in [0.25, 0.3) is 5.91 Å². The molecular weight excluding hydrogens is 475 g/mol. The van der Waals surface area contributed by atoms with Gasteiger partial charge in [0.15, 0.2) is 5.82 Å². The first kappa shape index (κ1) is 24.3. The number of carbonyl (C=O) groups excluding carboxylic acids is 1. The van der Waals surface area contributed by atoms with Gasteiger partial charge in [0.1, 0.15) is 29.4 Å². The summed E-state index contributed by atoms with van der Waals surface area (Å²) < 4.78 is 24.7. The number of hydrogen-bond donors (Lipinski definition) is 1. The van der Waals surface area contributed by atoms with Crippen molar-refractivity contribution in [2.24, 2.45) is 0 Å². The quantitative estimate of drug-likeness (QED) is 0.426. The first-order valence-electron chi connectivity index (χ1n) is 11.9. The van der Waals surface area contributed by atoms with Gasteiger partial charge in [0.05, 0.1) is 24.9 Å². The third-order valence-corrected chi connectivity index (χ3v) is 5.88. The maximum absolute atomic E-state index is 15.2. The number of anilines is 1. The Morgan fingerprint density at radius 2 is 2.08 bits per heavy atom. The van der Waals surface area contributed by atoms with Crippen molar-refractivity contribution in [1.29, 1.82) is 0 Å². The molecule has 11 heteroatoms. The third kappa shape index (κ3) is 5.56. The van der Waals surface area contributed by atoms with Gasteiger partial charge in [-0.15, -0.1) is 10.2 Å². The fourth-order valence-corrected chi connectivity index (χ4v) is 3.94. The first-order valence-corrected chi connectivity index (χ1v) is 11.9. The smallest absolute Gasteiger partial charge is 0.260 e. The van der Waals surface area contributed by atoms with Crippen LogP contribution in [0, 0.1) is 5.82 Å². The first-order chi connectivity index (χ1) is 18.0. The topological polar surface area (TPSA) is 103 Å². The molecule has 0 saturated heterocycles. The van der Waals surface area contributed by atoms with E-state index in [4.69, 9.17) is 4.74 Å². The molecule has 0 aliphatic carbocycles. The van der Waals surface area contributed by atoms with E-state index in [1.807, 2.05) is 35.7 Å². The Labute approximate surface area is 213 Å². The zero-order chi connectivity index (χ0) is 25.8. The summed E-state index contributed by atoms with van der Waals surface area (Å²) in [4.78, 5) is 20.0. The van der Waals surface area contributed by atoms with E-state index in [1.165, 1.54) is 12.1 Å². The Kier molecular flexibility index (Phi) is 7.04. The minimum absolute atomic E-state index is 0.162. The number of fused-ring (bicyclic) bond motifs is 5. The molecule has 0 unspecified atom stereocenters. The van der Waals surface area contributed by atoms with Crippen molar-refractivity contribution >= 4 is 11.7 Å². The summed E-state index contributed by atoms with van der Waals surface area (Å²) >= 11 is 0. The Morgan fingerprint density at radius 1 is 1.19 bits per heavy atom. The van der Waals surface area contributed by atoms with Gasteiger partial charge in [-0.25, -0.2) is 9.37 Å². The van der Waals surface area contributed by atoms with Gasteiger partial charge >= 0.3 is 0 Å². The molecule has 4 aromatic rings. The molecule has 2 bridgehead atoms. The van der Waals surface area contributed by atoms with Crippen LogP contribution in [0.2, 0.25) is 0 Å². The van der Waals surface area contributed by atoms with E-state index in [0.717, 1.165) is 6.54 Å². The summed E-state index contributed by atoms with van der Waals surface area (Å²) in [6.45, 7) is 2.28. The minimum atomic E-state index is -0.495. The molecule has 10 nitrogen and oxygen atoms in total. The number of aromatic nitrogens is 6. The van der Waals surface area contributed by atoms with Crippen LogP contribution in [0.3, 0.4) is 0 Å². The van der Waals surface area contributed by atoms with Crippen LogP contribution in [-0.4, -0.2) is 67.6 Å². The number of amides is 1. The molecule has 1 aliphatic heterocycles. The van der Waals surface area contributed by atoms with Crippen molar-refractivity contribution in [3.63, 3.8) is 0 Å². The lowest BCUT2D eigenvalue weighted by molar-refractivity contribution is 0.102. The van der Waals surface area contributed by atoms with Crippen LogP contribution in [0.4, 0.5) is 10.2 Å². The number of likely N-dealkylation sites (N-methyl/N-ethyl adjacent to an activating group) is 1. The van der Waals surface area contributed by atoms with Crippen LogP contribution >= 0.6 is 0 Å². The minimum Gasteiger partial charge on any atom is -0.492 e. The number of allylic oxidation sites excluding steroid dienone is 1. The molecule has 0 fully saturated rings. The second-order valence-corrected chi connectivity index (χ2v) is 8.90. The monoisotopic (exact) mass is 502 g/mol. The molecule has 190 valence electrons. The second kappa shape index (κ2) is 10.7. The standard InChI is InChI=1S/C26H27FN8O2/c1-33(2)10-11-35-16-18(15-29-35)19-13-20-23(14-21(19)27)37-12-5-3-4-9-34-17-28-32-25(34)22-7-6-8-24(30-22)31-26(20)36/h3-4,6-8,13-17H,5,9-12H2,1-2H3,(H,30,31,36)/b4-3+. The van der Waals surface area contributed by atoms with E-state index in [2.05, 4.69) is 25.6 Å². The van der Waals surface area contributed by atoms with Crippen LogP contribution in [0.25, 0.3) is 22.6 Å². The van der Waals surface area contributed by atoms with Crippen molar-refractivity contribution in [2.45, 2.75) is 19.5 Å². The summed E-state index contributed by atoms with van der Waals surface area (Å²) in [5, 5.41) is 15.3. The van der Waals surface area contributed by atoms with Gasteiger partial charge < -0.3 is 19.5 Å². The summed E-state index contributed by atoms with van der Waals surface area (Å²) in [6, 6.07) is 8.02. The van der Waals surface area contributed by atoms with Crippen LogP contribution in [0.5, 0.6) is 5.75 Å². The maximum Gasteiger partial charge on any atom is 0.260 e. The number of pyridine rings is 1. The highest BCUT2D eigenvalue weighted by Gasteiger charge is 2.20. The van der Waals surface area contributed by atoms with Gasteiger partial charge in [-0.2, -0.15) is 5.10 Å². The lowest BCUT2D eigenvalue weighted by Crippen LogP contribution is -2.18. The normalized spacial score (nSPS) is 14.6. The van der Waals surface area contributed by atoms with Crippen molar-refractivity contribution in [3.8, 4) is 28.4 Å². The molecule has 0 atom stereocenters. The fraction of sp³-hybridized carbons (Fsp3) is 0.269. The van der Waals surface area contributed by atoms with E-state index >= 15 is 4.39 Å². The molecule has 3 aromatic heterocycles. The summed E-state index contributed by atoms with van der Waals surface area (Å²) in [5.41, 5.74) is 1.61. The van der Waals surface area contributed by atoms with E-state index in [0.29, 0.717) is 42.4 Å². The number of halogens is 1. The Hall–Kier alpha value is -4.38. The average molecular weight is 503 g/mol. The van der Waals surface area contributed by atoms with Crippen molar-refractivity contribution in [1.82, 2.24) is 34.4 Å². The molecule has 1 N–H and O–H groups in total. The lowest BCUT2D eigenvalue weighted by atomic mass is 10.0. The van der Waals surface area contributed by atoms with Crippen molar-refractivity contribution in [3.05, 3.63) is 72.6 Å². The van der Waals surface area contributed by atoms with Gasteiger partial charge in [0, 0.05) is 36.5 Å². The molecule has 1 aliphatic rings. The molecule has 1 aromatic carbocycles. The molecular formula is C26H27FN8O2. The molecule has 4 heterocycles. The number of benzene rings is 1. The largest absolute Gasteiger partial charge is 0.492 e. The van der Waals surface area contributed by atoms with Crippen molar-refractivity contribution < 1.29 is 13.9 Å². The zero-order valence-corrected chi connectivity index (χ0v) is 20.6. The summed E-state index contributed by atoms with van der Waals surface area (Å²) in [6.07, 6.45) is 9.50.